The maximum absolute atomic E-state index is 12.2. The lowest BCUT2D eigenvalue weighted by molar-refractivity contribution is -0.116. The highest BCUT2D eigenvalue weighted by molar-refractivity contribution is 5.92. The SMILES string of the molecule is CC(C)CC(=O)Nc1ccc(NC(=O)NCc2ccc(N3CCC(CO)CC3)cc2)cc1. The molecule has 2 aromatic rings. The zero-order valence-corrected chi connectivity index (χ0v) is 18.9. The van der Waals surface area contributed by atoms with Gasteiger partial charge in [0.15, 0.2) is 0 Å². The molecule has 0 spiro atoms. The normalized spacial score (nSPS) is 14.3. The molecule has 1 saturated heterocycles. The van der Waals surface area contributed by atoms with Crippen LogP contribution in [0.5, 0.6) is 0 Å². The maximum atomic E-state index is 12.2. The predicted molar refractivity (Wildman–Crippen MR) is 129 cm³/mol. The number of urea groups is 1. The molecule has 7 heteroatoms. The van der Waals surface area contributed by atoms with E-state index in [2.05, 4.69) is 33.0 Å². The minimum atomic E-state index is -0.281. The molecule has 2 aromatic carbocycles. The molecule has 1 aliphatic rings. The number of aliphatic hydroxyl groups is 1. The Kier molecular flexibility index (Phi) is 8.50. The van der Waals surface area contributed by atoms with Gasteiger partial charge in [-0.3, -0.25) is 4.79 Å². The summed E-state index contributed by atoms with van der Waals surface area (Å²) in [7, 11) is 0. The summed E-state index contributed by atoms with van der Waals surface area (Å²) in [5.41, 5.74) is 3.57. The van der Waals surface area contributed by atoms with E-state index in [1.54, 1.807) is 24.3 Å². The van der Waals surface area contributed by atoms with E-state index >= 15 is 0 Å². The molecular formula is C25H34N4O3. The molecule has 32 heavy (non-hydrogen) atoms. The Bertz CT molecular complexity index is 873. The van der Waals surface area contributed by atoms with Crippen LogP contribution in [0.3, 0.4) is 0 Å². The van der Waals surface area contributed by atoms with Gasteiger partial charge < -0.3 is 26.0 Å². The number of nitrogens with zero attached hydrogens (tertiary/aromatic N) is 1. The lowest BCUT2D eigenvalue weighted by atomic mass is 9.97. The van der Waals surface area contributed by atoms with Gasteiger partial charge in [-0.2, -0.15) is 0 Å². The maximum Gasteiger partial charge on any atom is 0.319 e. The fourth-order valence-corrected chi connectivity index (χ4v) is 3.78. The van der Waals surface area contributed by atoms with Crippen LogP contribution in [-0.4, -0.2) is 36.7 Å². The molecule has 0 radical (unpaired) electrons. The van der Waals surface area contributed by atoms with Gasteiger partial charge in [0.2, 0.25) is 5.91 Å². The fourth-order valence-electron chi connectivity index (χ4n) is 3.78. The van der Waals surface area contributed by atoms with Gasteiger partial charge >= 0.3 is 6.03 Å². The molecule has 1 aliphatic heterocycles. The number of aliphatic hydroxyl groups excluding tert-OH is 1. The Morgan fingerprint density at radius 1 is 0.969 bits per heavy atom. The first kappa shape index (κ1) is 23.6. The van der Waals surface area contributed by atoms with Crippen molar-refractivity contribution in [3.05, 3.63) is 54.1 Å². The van der Waals surface area contributed by atoms with Crippen molar-refractivity contribution < 1.29 is 14.7 Å². The van der Waals surface area contributed by atoms with E-state index in [9.17, 15) is 14.7 Å². The molecule has 0 bridgehead atoms. The number of carbonyl (C=O) groups is 2. The Labute approximate surface area is 190 Å². The highest BCUT2D eigenvalue weighted by atomic mass is 16.3. The Hall–Kier alpha value is -3.06. The van der Waals surface area contributed by atoms with Crippen molar-refractivity contribution in [1.82, 2.24) is 5.32 Å². The molecule has 0 atom stereocenters. The summed E-state index contributed by atoms with van der Waals surface area (Å²) >= 11 is 0. The molecule has 1 heterocycles. The average molecular weight is 439 g/mol. The quantitative estimate of drug-likeness (QED) is 0.497. The minimum Gasteiger partial charge on any atom is -0.396 e. The van der Waals surface area contributed by atoms with Crippen LogP contribution in [0, 0.1) is 11.8 Å². The number of anilines is 3. The van der Waals surface area contributed by atoms with E-state index < -0.39 is 0 Å². The first-order chi connectivity index (χ1) is 15.4. The summed E-state index contributed by atoms with van der Waals surface area (Å²) in [4.78, 5) is 26.4. The number of benzene rings is 2. The van der Waals surface area contributed by atoms with Gasteiger partial charge in [-0.05, 0) is 66.6 Å². The fraction of sp³-hybridized carbons (Fsp3) is 0.440. The third-order valence-corrected chi connectivity index (χ3v) is 5.65. The summed E-state index contributed by atoms with van der Waals surface area (Å²) in [6.07, 6.45) is 2.52. The van der Waals surface area contributed by atoms with Crippen LogP contribution in [0.25, 0.3) is 0 Å². The topological polar surface area (TPSA) is 93.7 Å². The molecule has 7 nitrogen and oxygen atoms in total. The van der Waals surface area contributed by atoms with Crippen molar-refractivity contribution >= 4 is 29.0 Å². The van der Waals surface area contributed by atoms with E-state index in [1.807, 2.05) is 26.0 Å². The minimum absolute atomic E-state index is 0.0147. The number of hydrogen-bond donors (Lipinski definition) is 4. The van der Waals surface area contributed by atoms with Crippen molar-refractivity contribution in [1.29, 1.82) is 0 Å². The Morgan fingerprint density at radius 2 is 1.56 bits per heavy atom. The van der Waals surface area contributed by atoms with E-state index in [0.29, 0.717) is 36.2 Å². The summed E-state index contributed by atoms with van der Waals surface area (Å²) in [6, 6.07) is 15.0. The number of carbonyl (C=O) groups excluding carboxylic acids is 2. The molecule has 3 rings (SSSR count). The smallest absolute Gasteiger partial charge is 0.319 e. The number of piperidine rings is 1. The summed E-state index contributed by atoms with van der Waals surface area (Å²) in [6.45, 7) is 6.64. The van der Waals surface area contributed by atoms with Gasteiger partial charge in [-0.15, -0.1) is 0 Å². The van der Waals surface area contributed by atoms with Crippen LogP contribution in [0.1, 0.15) is 38.7 Å². The molecule has 0 unspecified atom stereocenters. The predicted octanol–water partition coefficient (Wildman–Crippen LogP) is 4.20. The molecular weight excluding hydrogens is 404 g/mol. The summed E-state index contributed by atoms with van der Waals surface area (Å²) < 4.78 is 0. The molecule has 3 amide bonds. The molecule has 1 fully saturated rings. The second kappa shape index (κ2) is 11.5. The van der Waals surface area contributed by atoms with E-state index in [1.165, 1.54) is 5.69 Å². The second-order valence-corrected chi connectivity index (χ2v) is 8.81. The van der Waals surface area contributed by atoms with Crippen LogP contribution in [0.15, 0.2) is 48.5 Å². The van der Waals surface area contributed by atoms with Crippen molar-refractivity contribution in [2.45, 2.75) is 39.7 Å². The monoisotopic (exact) mass is 438 g/mol. The number of hydrogen-bond acceptors (Lipinski definition) is 4. The summed E-state index contributed by atoms with van der Waals surface area (Å²) in [5, 5.41) is 17.8. The number of amides is 3. The zero-order valence-electron chi connectivity index (χ0n) is 18.9. The highest BCUT2D eigenvalue weighted by Gasteiger charge is 2.18. The first-order valence-electron chi connectivity index (χ1n) is 11.3. The molecule has 172 valence electrons. The van der Waals surface area contributed by atoms with Gasteiger partial charge in [0.1, 0.15) is 0 Å². The van der Waals surface area contributed by atoms with Crippen molar-refractivity contribution in [2.24, 2.45) is 11.8 Å². The number of nitrogens with one attached hydrogen (secondary N) is 3. The van der Waals surface area contributed by atoms with Gasteiger partial charge in [-0.1, -0.05) is 26.0 Å². The third-order valence-electron chi connectivity index (χ3n) is 5.65. The van der Waals surface area contributed by atoms with Crippen LogP contribution in [-0.2, 0) is 11.3 Å². The van der Waals surface area contributed by atoms with Gasteiger partial charge in [0.05, 0.1) is 0 Å². The van der Waals surface area contributed by atoms with Gasteiger partial charge in [0, 0.05) is 49.7 Å². The third kappa shape index (κ3) is 7.27. The Balaban J connectivity index is 1.42. The Morgan fingerprint density at radius 3 is 2.12 bits per heavy atom. The molecule has 0 aliphatic carbocycles. The van der Waals surface area contributed by atoms with Crippen molar-refractivity contribution in [2.75, 3.05) is 35.2 Å². The zero-order chi connectivity index (χ0) is 22.9. The van der Waals surface area contributed by atoms with E-state index in [-0.39, 0.29) is 18.5 Å². The molecule has 4 N–H and O–H groups in total. The van der Waals surface area contributed by atoms with Crippen molar-refractivity contribution in [3.63, 3.8) is 0 Å². The second-order valence-electron chi connectivity index (χ2n) is 8.81. The molecule has 0 aromatic heterocycles. The summed E-state index contributed by atoms with van der Waals surface area (Å²) in [5.74, 6) is 0.715. The van der Waals surface area contributed by atoms with E-state index in [0.717, 1.165) is 31.5 Å². The lowest BCUT2D eigenvalue weighted by Crippen LogP contribution is -2.34. The largest absolute Gasteiger partial charge is 0.396 e. The van der Waals surface area contributed by atoms with Crippen LogP contribution in [0.2, 0.25) is 0 Å². The van der Waals surface area contributed by atoms with Crippen LogP contribution in [0.4, 0.5) is 21.9 Å². The van der Waals surface area contributed by atoms with Crippen LogP contribution >= 0.6 is 0 Å². The van der Waals surface area contributed by atoms with Gasteiger partial charge in [0.25, 0.3) is 0 Å². The van der Waals surface area contributed by atoms with Crippen molar-refractivity contribution in [3.8, 4) is 0 Å². The standard InChI is InChI=1S/C25H34N4O3/c1-18(2)15-24(31)27-21-5-7-22(8-6-21)28-25(32)26-16-19-3-9-23(10-4-19)29-13-11-20(17-30)12-14-29/h3-10,18,20,30H,11-17H2,1-2H3,(H,27,31)(H2,26,28,32). The highest BCUT2D eigenvalue weighted by Crippen LogP contribution is 2.23. The first-order valence-corrected chi connectivity index (χ1v) is 11.3. The van der Waals surface area contributed by atoms with Gasteiger partial charge in [-0.25, -0.2) is 4.79 Å². The lowest BCUT2D eigenvalue weighted by Gasteiger charge is -2.33. The number of rotatable bonds is 8. The average Bonchev–Trinajstić information content (AvgIpc) is 2.79. The van der Waals surface area contributed by atoms with E-state index in [4.69, 9.17) is 0 Å². The molecule has 0 saturated carbocycles. The van der Waals surface area contributed by atoms with Crippen LogP contribution < -0.4 is 20.9 Å².